The number of H-pyrrole nitrogens is 1. The van der Waals surface area contributed by atoms with Gasteiger partial charge in [0.1, 0.15) is 4.90 Å². The molecule has 1 aromatic heterocycles. The number of amides is 1. The number of carbonyl (C=O) groups is 1. The van der Waals surface area contributed by atoms with E-state index in [-0.39, 0.29) is 22.5 Å². The fourth-order valence-corrected chi connectivity index (χ4v) is 3.63. The molecule has 112 valence electrons. The van der Waals surface area contributed by atoms with Crippen LogP contribution in [-0.4, -0.2) is 30.6 Å². The Labute approximate surface area is 122 Å². The molecule has 2 N–H and O–H groups in total. The van der Waals surface area contributed by atoms with Gasteiger partial charge in [0.2, 0.25) is 0 Å². The minimum absolute atomic E-state index is 0.109. The lowest BCUT2D eigenvalue weighted by molar-refractivity contribution is 0.0940. The highest BCUT2D eigenvalue weighted by molar-refractivity contribution is 8.13. The second kappa shape index (κ2) is 5.37. The first-order valence-corrected chi connectivity index (χ1v) is 8.90. The molecule has 1 heterocycles. The van der Waals surface area contributed by atoms with Crippen LogP contribution in [0.5, 0.6) is 0 Å². The molecule has 2 atom stereocenters. The molecule has 1 fully saturated rings. The Morgan fingerprint density at radius 3 is 2.65 bits per heavy atom. The molecular formula is C12H18ClN3O3S. The molecule has 0 aliphatic heterocycles. The van der Waals surface area contributed by atoms with Gasteiger partial charge in [-0.2, -0.15) is 5.10 Å². The zero-order valence-corrected chi connectivity index (χ0v) is 13.2. The fraction of sp³-hybridized carbons (Fsp3) is 0.667. The normalized spacial score (nSPS) is 22.1. The van der Waals surface area contributed by atoms with Crippen LogP contribution >= 0.6 is 10.7 Å². The van der Waals surface area contributed by atoms with Gasteiger partial charge in [-0.25, -0.2) is 8.42 Å². The third-order valence-electron chi connectivity index (χ3n) is 3.55. The molecule has 1 aliphatic rings. The van der Waals surface area contributed by atoms with E-state index in [4.69, 9.17) is 10.7 Å². The van der Waals surface area contributed by atoms with E-state index in [0.29, 0.717) is 11.6 Å². The number of rotatable bonds is 5. The van der Waals surface area contributed by atoms with Gasteiger partial charge in [0.25, 0.3) is 15.0 Å². The van der Waals surface area contributed by atoms with Crippen molar-refractivity contribution in [3.05, 3.63) is 11.4 Å². The standard InChI is InChI=1S/C12H18ClN3O3S/c1-4-7-5-8(7)14-12(17)10-11(20(13,18)19)9(6(2)3)15-16-10/h6-8H,4-5H2,1-3H3,(H,14,17)(H,15,16). The molecule has 1 aliphatic carbocycles. The predicted octanol–water partition coefficient (Wildman–Crippen LogP) is 1.99. The minimum Gasteiger partial charge on any atom is -0.348 e. The number of nitrogens with zero attached hydrogens (tertiary/aromatic N) is 1. The average molecular weight is 320 g/mol. The van der Waals surface area contributed by atoms with Crippen LogP contribution in [0.2, 0.25) is 0 Å². The summed E-state index contributed by atoms with van der Waals surface area (Å²) in [5.74, 6) is -0.149. The molecule has 6 nitrogen and oxygen atoms in total. The lowest BCUT2D eigenvalue weighted by Gasteiger charge is -2.06. The predicted molar refractivity (Wildman–Crippen MR) is 75.4 cm³/mol. The summed E-state index contributed by atoms with van der Waals surface area (Å²) < 4.78 is 23.4. The van der Waals surface area contributed by atoms with E-state index in [0.717, 1.165) is 12.8 Å². The third-order valence-corrected chi connectivity index (χ3v) is 4.91. The van der Waals surface area contributed by atoms with Gasteiger partial charge in [-0.3, -0.25) is 9.89 Å². The SMILES string of the molecule is CCC1CC1NC(=O)c1n[nH]c(C(C)C)c1S(=O)(=O)Cl. The van der Waals surface area contributed by atoms with Crippen molar-refractivity contribution in [2.24, 2.45) is 5.92 Å². The lowest BCUT2D eigenvalue weighted by atomic mass is 10.1. The summed E-state index contributed by atoms with van der Waals surface area (Å²) in [5, 5.41) is 9.23. The lowest BCUT2D eigenvalue weighted by Crippen LogP contribution is -2.28. The smallest absolute Gasteiger partial charge is 0.273 e. The first kappa shape index (κ1) is 15.3. The molecule has 8 heteroatoms. The van der Waals surface area contributed by atoms with Gasteiger partial charge in [-0.15, -0.1) is 0 Å². The molecule has 0 bridgehead atoms. The molecule has 20 heavy (non-hydrogen) atoms. The highest BCUT2D eigenvalue weighted by atomic mass is 35.7. The van der Waals surface area contributed by atoms with Crippen molar-refractivity contribution in [2.75, 3.05) is 0 Å². The number of aromatic nitrogens is 2. The van der Waals surface area contributed by atoms with Crippen LogP contribution in [0.3, 0.4) is 0 Å². The van der Waals surface area contributed by atoms with Crippen LogP contribution in [0.15, 0.2) is 4.90 Å². The van der Waals surface area contributed by atoms with Crippen LogP contribution < -0.4 is 5.32 Å². The van der Waals surface area contributed by atoms with Crippen molar-refractivity contribution in [3.8, 4) is 0 Å². The topological polar surface area (TPSA) is 91.9 Å². The Balaban J connectivity index is 2.30. The molecule has 2 unspecified atom stereocenters. The summed E-state index contributed by atoms with van der Waals surface area (Å²) in [4.78, 5) is 11.9. The van der Waals surface area contributed by atoms with E-state index in [1.165, 1.54) is 0 Å². The Bertz CT molecular complexity index is 624. The number of hydrogen-bond donors (Lipinski definition) is 2. The van der Waals surface area contributed by atoms with Gasteiger partial charge in [0.15, 0.2) is 5.69 Å². The molecule has 0 aromatic carbocycles. The maximum absolute atomic E-state index is 12.1. The van der Waals surface area contributed by atoms with Crippen LogP contribution in [0.1, 0.15) is 55.7 Å². The van der Waals surface area contributed by atoms with Crippen LogP contribution in [0, 0.1) is 5.92 Å². The zero-order chi connectivity index (χ0) is 15.1. The molecule has 0 spiro atoms. The largest absolute Gasteiger partial charge is 0.348 e. The zero-order valence-electron chi connectivity index (χ0n) is 11.6. The van der Waals surface area contributed by atoms with Gasteiger partial charge < -0.3 is 5.32 Å². The van der Waals surface area contributed by atoms with Crippen molar-refractivity contribution < 1.29 is 13.2 Å². The second-order valence-corrected chi connectivity index (χ2v) is 7.89. The molecule has 1 saturated carbocycles. The Hall–Kier alpha value is -1.08. The first-order valence-electron chi connectivity index (χ1n) is 6.59. The molecule has 1 amide bonds. The summed E-state index contributed by atoms with van der Waals surface area (Å²) in [5.41, 5.74) is 0.207. The van der Waals surface area contributed by atoms with Crippen molar-refractivity contribution in [3.63, 3.8) is 0 Å². The Morgan fingerprint density at radius 2 is 2.20 bits per heavy atom. The molecule has 0 radical (unpaired) electrons. The number of halogens is 1. The van der Waals surface area contributed by atoms with Gasteiger partial charge in [0.05, 0.1) is 5.69 Å². The van der Waals surface area contributed by atoms with Crippen LogP contribution in [0.25, 0.3) is 0 Å². The Morgan fingerprint density at radius 1 is 1.55 bits per heavy atom. The van der Waals surface area contributed by atoms with Crippen LogP contribution in [0.4, 0.5) is 0 Å². The number of aromatic amines is 1. The van der Waals surface area contributed by atoms with E-state index in [1.807, 2.05) is 0 Å². The molecule has 0 saturated heterocycles. The number of hydrogen-bond acceptors (Lipinski definition) is 4. The van der Waals surface area contributed by atoms with Gasteiger partial charge in [-0.05, 0) is 18.3 Å². The van der Waals surface area contributed by atoms with Crippen molar-refractivity contribution in [1.29, 1.82) is 0 Å². The summed E-state index contributed by atoms with van der Waals surface area (Å²) in [6.45, 7) is 5.65. The van der Waals surface area contributed by atoms with E-state index in [2.05, 4.69) is 22.4 Å². The summed E-state index contributed by atoms with van der Waals surface area (Å²) in [7, 11) is 1.41. The maximum Gasteiger partial charge on any atom is 0.273 e. The minimum atomic E-state index is -4.03. The van der Waals surface area contributed by atoms with E-state index >= 15 is 0 Å². The van der Waals surface area contributed by atoms with Gasteiger partial charge in [-0.1, -0.05) is 27.2 Å². The van der Waals surface area contributed by atoms with Gasteiger partial charge >= 0.3 is 0 Å². The average Bonchev–Trinajstić information content (AvgIpc) is 2.90. The van der Waals surface area contributed by atoms with E-state index in [1.54, 1.807) is 13.8 Å². The quantitative estimate of drug-likeness (QED) is 0.812. The first-order chi connectivity index (χ1) is 9.25. The molecular weight excluding hydrogens is 302 g/mol. The van der Waals surface area contributed by atoms with Crippen molar-refractivity contribution in [2.45, 2.75) is 50.5 Å². The van der Waals surface area contributed by atoms with Crippen molar-refractivity contribution >= 4 is 25.6 Å². The summed E-state index contributed by atoms with van der Waals surface area (Å²) in [6.07, 6.45) is 1.91. The van der Waals surface area contributed by atoms with E-state index < -0.39 is 15.0 Å². The highest BCUT2D eigenvalue weighted by Crippen LogP contribution is 2.34. The van der Waals surface area contributed by atoms with Gasteiger partial charge in [0, 0.05) is 16.7 Å². The number of nitrogens with one attached hydrogen (secondary N) is 2. The Kier molecular flexibility index (Phi) is 4.11. The molecule has 2 rings (SSSR count). The summed E-state index contributed by atoms with van der Waals surface area (Å²) >= 11 is 0. The molecule has 1 aromatic rings. The second-order valence-electron chi connectivity index (χ2n) is 5.39. The summed E-state index contributed by atoms with van der Waals surface area (Å²) in [6, 6.07) is 0.109. The van der Waals surface area contributed by atoms with E-state index in [9.17, 15) is 13.2 Å². The highest BCUT2D eigenvalue weighted by Gasteiger charge is 2.38. The third kappa shape index (κ3) is 2.98. The maximum atomic E-state index is 12.1. The monoisotopic (exact) mass is 319 g/mol. The number of carbonyl (C=O) groups excluding carboxylic acids is 1. The fourth-order valence-electron chi connectivity index (χ4n) is 2.25. The van der Waals surface area contributed by atoms with Crippen LogP contribution in [-0.2, 0) is 9.05 Å². The van der Waals surface area contributed by atoms with Crippen molar-refractivity contribution in [1.82, 2.24) is 15.5 Å².